The molecule has 6 N–H and O–H groups in total. The van der Waals surface area contributed by atoms with E-state index in [-0.39, 0.29) is 60.7 Å². The highest BCUT2D eigenvalue weighted by molar-refractivity contribution is 6.00. The van der Waals surface area contributed by atoms with Gasteiger partial charge in [-0.2, -0.15) is 0 Å². The van der Waals surface area contributed by atoms with Crippen molar-refractivity contribution in [2.75, 3.05) is 18.5 Å². The van der Waals surface area contributed by atoms with E-state index in [9.17, 15) is 38.9 Å². The number of anilines is 1. The molecule has 75 heavy (non-hydrogen) atoms. The van der Waals surface area contributed by atoms with E-state index >= 15 is 0 Å². The standard InChI is InChI=1S/C58H84N6O11/c1-36(2)10-8-11-38(5)46-22-23-47-45-21-14-40-33-44(26-28-57(40,6)48(45)27-29-58(46,47)7)73-31-9-30-60-52(66)24-25-53(67)62-49(32-37(3)4)55(69)63-50(34-51(59)65)54(68)61-41-15-12-39(13-16-41)35-74-56(70)75-43-19-17-42(18-20-43)64(71)72/h12-20,36-38,44-50H,8-11,21-35H2,1-7H3,(H2,59,65)(H,60,66)(H,61,68)(H,62,67)(H,63,69)/t38-,44+,45+,46-,47+,48?,49+,50+,57+,58-/m1/s1. The zero-order chi connectivity index (χ0) is 54.5. The molecule has 4 aliphatic carbocycles. The minimum absolute atomic E-state index is 0.0433. The third-order valence-corrected chi connectivity index (χ3v) is 17.1. The van der Waals surface area contributed by atoms with Crippen molar-refractivity contribution in [2.24, 2.45) is 58.0 Å². The van der Waals surface area contributed by atoms with Gasteiger partial charge in [0.15, 0.2) is 0 Å². The van der Waals surface area contributed by atoms with Crippen LogP contribution >= 0.6 is 0 Å². The van der Waals surface area contributed by atoms with E-state index in [0.717, 1.165) is 48.3 Å². The zero-order valence-electron chi connectivity index (χ0n) is 45.4. The Hall–Kier alpha value is -5.84. The molecule has 3 saturated carbocycles. The highest BCUT2D eigenvalue weighted by Gasteiger charge is 2.59. The van der Waals surface area contributed by atoms with Crippen LogP contribution in [0.4, 0.5) is 16.2 Å². The lowest BCUT2D eigenvalue weighted by Crippen LogP contribution is -2.54. The topological polar surface area (TPSA) is 247 Å². The largest absolute Gasteiger partial charge is 0.514 e. The maximum atomic E-state index is 13.6. The first-order valence-electron chi connectivity index (χ1n) is 27.6. The Kier molecular flexibility index (Phi) is 20.9. The number of non-ortho nitro benzene ring substituents is 1. The van der Waals surface area contributed by atoms with Crippen LogP contribution in [0.25, 0.3) is 0 Å². The van der Waals surface area contributed by atoms with Gasteiger partial charge in [-0.15, -0.1) is 0 Å². The van der Waals surface area contributed by atoms with E-state index in [4.69, 9.17) is 19.9 Å². The predicted molar refractivity (Wildman–Crippen MR) is 286 cm³/mol. The fraction of sp³-hybridized carbons (Fsp3) is 0.655. The Morgan fingerprint density at radius 1 is 0.800 bits per heavy atom. The number of hydrogen-bond donors (Lipinski definition) is 5. The molecule has 0 saturated heterocycles. The highest BCUT2D eigenvalue weighted by Crippen LogP contribution is 2.67. The van der Waals surface area contributed by atoms with Crippen LogP contribution in [-0.4, -0.2) is 72.0 Å². The Morgan fingerprint density at radius 3 is 2.20 bits per heavy atom. The first-order chi connectivity index (χ1) is 35.6. The van der Waals surface area contributed by atoms with Crippen molar-refractivity contribution in [1.82, 2.24) is 16.0 Å². The molecule has 3 fully saturated rings. The summed E-state index contributed by atoms with van der Waals surface area (Å²) < 4.78 is 16.6. The van der Waals surface area contributed by atoms with Crippen LogP contribution in [0.15, 0.2) is 60.2 Å². The molecule has 2 aromatic carbocycles. The molecule has 17 nitrogen and oxygen atoms in total. The third-order valence-electron chi connectivity index (χ3n) is 17.1. The molecule has 0 heterocycles. The van der Waals surface area contributed by atoms with E-state index in [2.05, 4.69) is 62.0 Å². The van der Waals surface area contributed by atoms with E-state index in [0.29, 0.717) is 36.2 Å². The number of carbonyl (C=O) groups is 6. The van der Waals surface area contributed by atoms with Crippen LogP contribution in [0, 0.1) is 62.4 Å². The lowest BCUT2D eigenvalue weighted by atomic mass is 9.47. The van der Waals surface area contributed by atoms with Gasteiger partial charge in [0.05, 0.1) is 17.4 Å². The zero-order valence-corrected chi connectivity index (χ0v) is 45.4. The van der Waals surface area contributed by atoms with Gasteiger partial charge in [0, 0.05) is 43.8 Å². The van der Waals surface area contributed by atoms with Crippen LogP contribution < -0.4 is 31.7 Å². The molecule has 0 bridgehead atoms. The summed E-state index contributed by atoms with van der Waals surface area (Å²) in [6.45, 7) is 16.9. The molecule has 5 amide bonds. The Labute approximate surface area is 443 Å². The summed E-state index contributed by atoms with van der Waals surface area (Å²) in [6, 6.07) is 8.62. The van der Waals surface area contributed by atoms with Gasteiger partial charge in [-0.3, -0.25) is 34.1 Å². The SMILES string of the molecule is CC(C)CCC[C@@H](C)[C@H]1CC[C@H]2[C@@H]3CC=C4C[C@@H](OCCCNC(=O)CCC(=O)N[C@@H](CC(C)C)C(=O)N[C@@H](CC(N)=O)C(=O)Nc5ccc(COC(=O)Oc6ccc([N+](=O)[O-])cc6)cc5)CC[C@]4(C)C3CC[C@]12C. The number of nitrogens with one attached hydrogen (secondary N) is 4. The van der Waals surface area contributed by atoms with Crippen LogP contribution in [0.5, 0.6) is 5.75 Å². The smallest absolute Gasteiger partial charge is 0.429 e. The van der Waals surface area contributed by atoms with Crippen LogP contribution in [0.2, 0.25) is 0 Å². The lowest BCUT2D eigenvalue weighted by molar-refractivity contribution is -0.384. The fourth-order valence-electron chi connectivity index (χ4n) is 13.1. The second-order valence-corrected chi connectivity index (χ2v) is 23.3. The van der Waals surface area contributed by atoms with Crippen molar-refractivity contribution in [3.8, 4) is 5.75 Å². The van der Waals surface area contributed by atoms with Gasteiger partial charge in [-0.05, 0) is 146 Å². The molecular weight excluding hydrogens is 957 g/mol. The molecule has 412 valence electrons. The van der Waals surface area contributed by atoms with Crippen molar-refractivity contribution < 1.29 is 47.9 Å². The van der Waals surface area contributed by atoms with Crippen LogP contribution in [0.3, 0.4) is 0 Å². The van der Waals surface area contributed by atoms with Gasteiger partial charge in [0.2, 0.25) is 29.5 Å². The average molecular weight is 1040 g/mol. The Bertz CT molecular complexity index is 2340. The minimum Gasteiger partial charge on any atom is -0.429 e. The van der Waals surface area contributed by atoms with Crippen LogP contribution in [-0.2, 0) is 40.1 Å². The van der Waals surface area contributed by atoms with Crippen molar-refractivity contribution in [3.05, 3.63) is 75.9 Å². The number of ether oxygens (including phenoxy) is 3. The monoisotopic (exact) mass is 1040 g/mol. The number of amides is 5. The first kappa shape index (κ1) is 58.4. The maximum Gasteiger partial charge on any atom is 0.514 e. The summed E-state index contributed by atoms with van der Waals surface area (Å²) >= 11 is 0. The second kappa shape index (κ2) is 26.8. The fourth-order valence-corrected chi connectivity index (χ4v) is 13.1. The number of allylic oxidation sites excluding steroid dienone is 1. The van der Waals surface area contributed by atoms with Crippen molar-refractivity contribution in [2.45, 2.75) is 176 Å². The maximum absolute atomic E-state index is 13.6. The molecule has 2 aromatic rings. The van der Waals surface area contributed by atoms with E-state index < -0.39 is 53.2 Å². The summed E-state index contributed by atoms with van der Waals surface area (Å²) in [6.07, 6.45) is 15.9. The van der Waals surface area contributed by atoms with E-state index in [1.54, 1.807) is 17.7 Å². The van der Waals surface area contributed by atoms with Crippen molar-refractivity contribution >= 4 is 47.1 Å². The normalized spacial score (nSPS) is 25.0. The van der Waals surface area contributed by atoms with Gasteiger partial charge in [-0.25, -0.2) is 4.79 Å². The number of carbonyl (C=O) groups excluding carboxylic acids is 6. The molecule has 10 atom stereocenters. The summed E-state index contributed by atoms with van der Waals surface area (Å²) in [5.74, 6) is 1.79. The van der Waals surface area contributed by atoms with Gasteiger partial charge >= 0.3 is 6.16 Å². The highest BCUT2D eigenvalue weighted by atomic mass is 16.7. The quantitative estimate of drug-likeness (QED) is 0.0148. The lowest BCUT2D eigenvalue weighted by Gasteiger charge is -2.58. The molecule has 0 spiro atoms. The number of nitro benzene ring substituents is 1. The number of hydrogen-bond acceptors (Lipinski definition) is 11. The first-order valence-corrected chi connectivity index (χ1v) is 27.6. The predicted octanol–water partition coefficient (Wildman–Crippen LogP) is 9.85. The van der Waals surface area contributed by atoms with Gasteiger partial charge in [-0.1, -0.05) is 91.5 Å². The van der Waals surface area contributed by atoms with Crippen molar-refractivity contribution in [1.29, 1.82) is 0 Å². The minimum atomic E-state index is -1.38. The Balaban J connectivity index is 0.885. The van der Waals surface area contributed by atoms with Gasteiger partial charge in [0.1, 0.15) is 24.4 Å². The summed E-state index contributed by atoms with van der Waals surface area (Å²) in [5, 5.41) is 21.6. The summed E-state index contributed by atoms with van der Waals surface area (Å²) in [4.78, 5) is 87.3. The van der Waals surface area contributed by atoms with Gasteiger partial charge in [0.25, 0.3) is 5.69 Å². The van der Waals surface area contributed by atoms with E-state index in [1.807, 2.05) is 13.8 Å². The number of nitro groups is 1. The molecule has 4 aliphatic rings. The van der Waals surface area contributed by atoms with Crippen LogP contribution in [0.1, 0.15) is 157 Å². The number of fused-ring (bicyclic) bond motifs is 5. The number of nitrogens with zero attached hydrogens (tertiary/aromatic N) is 1. The molecule has 0 aromatic heterocycles. The number of rotatable bonds is 26. The molecule has 0 radical (unpaired) electrons. The molecule has 1 unspecified atom stereocenters. The number of benzene rings is 2. The average Bonchev–Trinajstić information content (AvgIpc) is 3.72. The van der Waals surface area contributed by atoms with E-state index in [1.165, 1.54) is 94.2 Å². The summed E-state index contributed by atoms with van der Waals surface area (Å²) in [5.41, 5.74) is 8.46. The summed E-state index contributed by atoms with van der Waals surface area (Å²) in [7, 11) is 0. The number of nitrogens with two attached hydrogens (primary N) is 1. The second-order valence-electron chi connectivity index (χ2n) is 23.3. The van der Waals surface area contributed by atoms with Crippen molar-refractivity contribution in [3.63, 3.8) is 0 Å². The number of primary amides is 1. The molecular formula is C58H84N6O11. The molecule has 0 aliphatic heterocycles. The molecule has 17 heteroatoms. The molecule has 6 rings (SSSR count). The van der Waals surface area contributed by atoms with Gasteiger partial charge < -0.3 is 41.2 Å². The Morgan fingerprint density at radius 2 is 1.52 bits per heavy atom. The third kappa shape index (κ3) is 16.1.